The Morgan fingerprint density at radius 1 is 0.611 bits per heavy atom. The average molecular weight is 470 g/mol. The van der Waals surface area contributed by atoms with E-state index < -0.39 is 24.2 Å². The van der Waals surface area contributed by atoms with Gasteiger partial charge in [0.1, 0.15) is 11.5 Å². The topological polar surface area (TPSA) is 14.2 Å². The lowest BCUT2D eigenvalue weighted by Gasteiger charge is -2.22. The third kappa shape index (κ3) is 2.73. The van der Waals surface area contributed by atoms with Crippen LogP contribution in [0.3, 0.4) is 0 Å². The smallest absolute Gasteiger partial charge is 0.135 e. The Hall–Kier alpha value is -4.82. The van der Waals surface area contributed by atoms with Gasteiger partial charge in [-0.2, -0.15) is 0 Å². The summed E-state index contributed by atoms with van der Waals surface area (Å²) in [6.45, 7) is 0. The molecule has 2 nitrogen and oxygen atoms in total. The van der Waals surface area contributed by atoms with Gasteiger partial charge < -0.3 is 9.30 Å². The molecule has 0 N–H and O–H groups in total. The lowest BCUT2D eigenvalue weighted by Crippen LogP contribution is -1.97. The first-order valence-corrected chi connectivity index (χ1v) is 11.5. The Balaban J connectivity index is 1.45. The zero-order valence-corrected chi connectivity index (χ0v) is 18.7. The number of hydrogen-bond acceptors (Lipinski definition) is 1. The van der Waals surface area contributed by atoms with Crippen molar-refractivity contribution in [1.29, 1.82) is 0 Å². The number of aromatic nitrogens is 1. The molecule has 1 aromatic heterocycles. The van der Waals surface area contributed by atoms with E-state index in [4.69, 9.17) is 17.1 Å². The van der Waals surface area contributed by atoms with Crippen molar-refractivity contribution < 1.29 is 18.4 Å². The second-order valence-electron chi connectivity index (χ2n) is 8.61. The highest BCUT2D eigenvalue weighted by atomic mass is 16.5. The summed E-state index contributed by atoms with van der Waals surface area (Å²) in [5.74, 6) is 0.133. The van der Waals surface area contributed by atoms with E-state index in [9.17, 15) is 1.37 Å². The molecule has 8 rings (SSSR count). The molecule has 2 heterocycles. The maximum absolute atomic E-state index is 9.41. The molecule has 1 aliphatic heterocycles. The summed E-state index contributed by atoms with van der Waals surface area (Å²) in [5, 5.41) is 1.89. The van der Waals surface area contributed by atoms with Crippen molar-refractivity contribution in [2.75, 3.05) is 0 Å². The maximum Gasteiger partial charge on any atom is 0.135 e. The Morgan fingerprint density at radius 2 is 1.33 bits per heavy atom. The summed E-state index contributed by atoms with van der Waals surface area (Å²) in [5.41, 5.74) is 2.50. The van der Waals surface area contributed by atoms with Crippen molar-refractivity contribution in [3.63, 3.8) is 0 Å². The maximum atomic E-state index is 9.41. The minimum absolute atomic E-state index is 0.0638. The quantitative estimate of drug-likeness (QED) is 0.246. The molecule has 0 radical (unpaired) electrons. The number of fused-ring (bicyclic) bond motifs is 5. The number of hydrogen-bond donors (Lipinski definition) is 0. The summed E-state index contributed by atoms with van der Waals surface area (Å²) < 4.78 is 94.8. The lowest BCUT2D eigenvalue weighted by atomic mass is 9.92. The predicted octanol–water partition coefficient (Wildman–Crippen LogP) is 9.38. The molecule has 0 saturated carbocycles. The molecule has 0 fully saturated rings. The summed E-state index contributed by atoms with van der Waals surface area (Å²) >= 11 is 0. The molecule has 1 aliphatic rings. The molecule has 0 amide bonds. The molecule has 36 heavy (non-hydrogen) atoms. The number of para-hydroxylation sites is 2. The van der Waals surface area contributed by atoms with Gasteiger partial charge in [0.05, 0.1) is 24.7 Å². The fourth-order valence-electron chi connectivity index (χ4n) is 5.05. The minimum Gasteiger partial charge on any atom is -0.456 e. The highest BCUT2D eigenvalue weighted by Crippen LogP contribution is 2.47. The summed E-state index contributed by atoms with van der Waals surface area (Å²) in [6.07, 6.45) is 0. The van der Waals surface area contributed by atoms with Crippen LogP contribution >= 0.6 is 0 Å². The van der Waals surface area contributed by atoms with Crippen molar-refractivity contribution in [2.24, 2.45) is 0 Å². The van der Waals surface area contributed by atoms with Crippen LogP contribution in [0.1, 0.15) is 13.7 Å². The lowest BCUT2D eigenvalue weighted by molar-refractivity contribution is 0.487. The van der Waals surface area contributed by atoms with Gasteiger partial charge in [-0.15, -0.1) is 0 Å². The van der Waals surface area contributed by atoms with Gasteiger partial charge >= 0.3 is 0 Å². The van der Waals surface area contributed by atoms with Crippen molar-refractivity contribution in [3.05, 3.63) is 127 Å². The predicted molar refractivity (Wildman–Crippen MR) is 149 cm³/mol. The monoisotopic (exact) mass is 469 g/mol. The first kappa shape index (κ1) is 12.2. The van der Waals surface area contributed by atoms with Crippen LogP contribution in [0.2, 0.25) is 0 Å². The van der Waals surface area contributed by atoms with Gasteiger partial charge in [0, 0.05) is 27.4 Å². The van der Waals surface area contributed by atoms with Crippen LogP contribution in [-0.4, -0.2) is 4.57 Å². The average Bonchev–Trinajstić information content (AvgIpc) is 3.38. The van der Waals surface area contributed by atoms with E-state index in [0.29, 0.717) is 11.1 Å². The van der Waals surface area contributed by atoms with Gasteiger partial charge in [0.25, 0.3) is 0 Å². The van der Waals surface area contributed by atoms with E-state index in [1.165, 1.54) is 0 Å². The van der Waals surface area contributed by atoms with Crippen LogP contribution in [0, 0.1) is 0 Å². The van der Waals surface area contributed by atoms with E-state index >= 15 is 0 Å². The van der Waals surface area contributed by atoms with Crippen LogP contribution in [0.5, 0.6) is 11.5 Å². The Bertz CT molecular complexity index is 2460. The fourth-order valence-corrected chi connectivity index (χ4v) is 5.05. The number of ether oxygens (including phenoxy) is 1. The summed E-state index contributed by atoms with van der Waals surface area (Å²) in [7, 11) is 0. The zero-order chi connectivity index (χ0) is 32.3. The van der Waals surface area contributed by atoms with E-state index in [0.717, 1.165) is 21.8 Å². The van der Waals surface area contributed by atoms with Crippen LogP contribution in [0.4, 0.5) is 0 Å². The van der Waals surface area contributed by atoms with Gasteiger partial charge in [0.2, 0.25) is 0 Å². The highest BCUT2D eigenvalue weighted by molar-refractivity contribution is 6.09. The molecule has 0 bridgehead atoms. The SMILES string of the molecule is [2H]c1c([2H])c(-c2ccc3c(c2)-c2c([2H])c([2H])c([2H])c4c([2H])c([2H])c([2H])c(c24)O3)c([2H])c(-n2c3ccccc3c3ccccc32)c1[2H]. The summed E-state index contributed by atoms with van der Waals surface area (Å²) in [4.78, 5) is 0. The van der Waals surface area contributed by atoms with Crippen LogP contribution < -0.4 is 4.74 Å². The fraction of sp³-hybridized carbons (Fsp3) is 0. The second-order valence-corrected chi connectivity index (χ2v) is 8.61. The molecule has 0 unspecified atom stereocenters. The van der Waals surface area contributed by atoms with Gasteiger partial charge in [0.15, 0.2) is 0 Å². The number of nitrogens with zero attached hydrogens (tertiary/aromatic N) is 1. The van der Waals surface area contributed by atoms with E-state index in [1.54, 1.807) is 22.8 Å². The largest absolute Gasteiger partial charge is 0.456 e. The molecule has 0 saturated heterocycles. The van der Waals surface area contributed by atoms with Crippen molar-refractivity contribution >= 4 is 32.6 Å². The van der Waals surface area contributed by atoms with E-state index in [2.05, 4.69) is 0 Å². The van der Waals surface area contributed by atoms with Gasteiger partial charge in [-0.1, -0.05) is 84.8 Å². The molecule has 6 aromatic carbocycles. The molecule has 7 aromatic rings. The molecule has 2 heteroatoms. The Labute approximate surface area is 222 Å². The normalized spacial score (nSPS) is 16.0. The van der Waals surface area contributed by atoms with Crippen molar-refractivity contribution in [3.8, 4) is 39.4 Å². The van der Waals surface area contributed by atoms with Crippen LogP contribution in [0.15, 0.2) is 127 Å². The second kappa shape index (κ2) is 7.34. The molecular weight excluding hydrogens is 438 g/mol. The van der Waals surface area contributed by atoms with Crippen LogP contribution in [0.25, 0.3) is 60.5 Å². The molecule has 0 atom stereocenters. The third-order valence-corrected chi connectivity index (χ3v) is 6.63. The zero-order valence-electron chi connectivity index (χ0n) is 28.7. The molecule has 0 aliphatic carbocycles. The highest BCUT2D eigenvalue weighted by Gasteiger charge is 2.20. The third-order valence-electron chi connectivity index (χ3n) is 6.63. The van der Waals surface area contributed by atoms with Gasteiger partial charge in [-0.3, -0.25) is 0 Å². The number of benzene rings is 6. The Morgan fingerprint density at radius 3 is 2.14 bits per heavy atom. The van der Waals surface area contributed by atoms with Crippen molar-refractivity contribution in [1.82, 2.24) is 4.57 Å². The summed E-state index contributed by atoms with van der Waals surface area (Å²) in [6, 6.07) is 16.5. The van der Waals surface area contributed by atoms with Gasteiger partial charge in [-0.05, 0) is 64.5 Å². The van der Waals surface area contributed by atoms with E-state index in [1.807, 2.05) is 48.5 Å². The minimum atomic E-state index is -0.451. The van der Waals surface area contributed by atoms with E-state index in [-0.39, 0.29) is 75.3 Å². The standard InChI is InChI=1S/C34H21NO/c1-3-15-30-26(12-1)27-13-2-4-16-31(27)35(30)25-11-5-10-23(20-25)24-18-19-32-29(21-24)28-14-6-8-22-9-7-17-33(36-32)34(22)28/h1-21H/i5D,6D,7D,8D,9D,10D,11D,14D,17D,20D. The van der Waals surface area contributed by atoms with Crippen molar-refractivity contribution in [2.45, 2.75) is 0 Å². The Kier molecular flexibility index (Phi) is 2.49. The number of rotatable bonds is 2. The van der Waals surface area contributed by atoms with Crippen LogP contribution in [-0.2, 0) is 0 Å². The van der Waals surface area contributed by atoms with Gasteiger partial charge in [-0.25, -0.2) is 0 Å². The molecule has 0 spiro atoms. The molecular formula is C34H21NO. The first-order chi connectivity index (χ1) is 22.0. The first-order valence-electron chi connectivity index (χ1n) is 16.5. The molecule has 168 valence electrons.